The average Bonchev–Trinajstić information content (AvgIpc) is 2.60. The molecule has 0 saturated heterocycles. The summed E-state index contributed by atoms with van der Waals surface area (Å²) in [5.41, 5.74) is 1.76. The molecule has 0 fully saturated rings. The van der Waals surface area contributed by atoms with E-state index in [0.717, 1.165) is 0 Å². The normalized spacial score (nSPS) is 10.4. The third-order valence-corrected chi connectivity index (χ3v) is 3.65. The Labute approximate surface area is 151 Å². The lowest BCUT2D eigenvalue weighted by molar-refractivity contribution is -0.149. The van der Waals surface area contributed by atoms with Gasteiger partial charge in [0.05, 0.1) is 0 Å². The van der Waals surface area contributed by atoms with Gasteiger partial charge in [-0.05, 0) is 47.9 Å². The Bertz CT molecular complexity index is 711. The molecule has 0 radical (unpaired) electrons. The van der Waals surface area contributed by atoms with Crippen molar-refractivity contribution in [3.63, 3.8) is 0 Å². The molecule has 2 rings (SSSR count). The molecule has 0 unspecified atom stereocenters. The quantitative estimate of drug-likeness (QED) is 0.756. The van der Waals surface area contributed by atoms with E-state index in [2.05, 4.69) is 19.2 Å². The van der Waals surface area contributed by atoms with Gasteiger partial charge in [-0.25, -0.2) is 4.79 Å². The first-order valence-corrected chi connectivity index (χ1v) is 8.25. The molecule has 0 saturated carbocycles. The van der Waals surface area contributed by atoms with Crippen molar-refractivity contribution in [3.05, 3.63) is 59.1 Å². The van der Waals surface area contributed by atoms with E-state index >= 15 is 0 Å². The zero-order valence-electron chi connectivity index (χ0n) is 14.1. The summed E-state index contributed by atoms with van der Waals surface area (Å²) < 4.78 is 10.2. The Kier molecular flexibility index (Phi) is 6.83. The highest BCUT2D eigenvalue weighted by atomic mass is 35.5. The first-order chi connectivity index (χ1) is 11.9. The second kappa shape index (κ2) is 9.08. The maximum absolute atomic E-state index is 11.7. The van der Waals surface area contributed by atoms with Crippen LogP contribution in [-0.4, -0.2) is 25.1 Å². The van der Waals surface area contributed by atoms with Crippen molar-refractivity contribution in [2.75, 3.05) is 18.5 Å². The minimum atomic E-state index is -0.612. The molecule has 132 valence electrons. The number of halogens is 1. The van der Waals surface area contributed by atoms with E-state index in [1.54, 1.807) is 36.4 Å². The topological polar surface area (TPSA) is 64.6 Å². The molecule has 0 aliphatic rings. The smallest absolute Gasteiger partial charge is 0.344 e. The third kappa shape index (κ3) is 6.47. The van der Waals surface area contributed by atoms with Crippen molar-refractivity contribution in [1.82, 2.24) is 0 Å². The minimum absolute atomic E-state index is 0.255. The molecule has 0 aliphatic heterocycles. The van der Waals surface area contributed by atoms with E-state index in [-0.39, 0.29) is 13.2 Å². The van der Waals surface area contributed by atoms with Gasteiger partial charge in [-0.15, -0.1) is 0 Å². The van der Waals surface area contributed by atoms with E-state index < -0.39 is 11.9 Å². The monoisotopic (exact) mass is 361 g/mol. The Morgan fingerprint density at radius 1 is 1.00 bits per heavy atom. The highest BCUT2D eigenvalue weighted by Crippen LogP contribution is 2.18. The molecule has 1 amide bonds. The van der Waals surface area contributed by atoms with Crippen LogP contribution in [0.1, 0.15) is 25.3 Å². The third-order valence-electron chi connectivity index (χ3n) is 3.40. The maximum atomic E-state index is 11.7. The molecule has 0 aliphatic carbocycles. The number of esters is 1. The summed E-state index contributed by atoms with van der Waals surface area (Å²) in [6.07, 6.45) is 0. The van der Waals surface area contributed by atoms with Crippen molar-refractivity contribution in [1.29, 1.82) is 0 Å². The molecule has 2 aromatic rings. The van der Waals surface area contributed by atoms with Crippen molar-refractivity contribution < 1.29 is 19.1 Å². The minimum Gasteiger partial charge on any atom is -0.482 e. The van der Waals surface area contributed by atoms with Crippen molar-refractivity contribution in [2.45, 2.75) is 19.8 Å². The van der Waals surface area contributed by atoms with Crippen molar-refractivity contribution in [2.24, 2.45) is 0 Å². The van der Waals surface area contributed by atoms with Crippen molar-refractivity contribution in [3.8, 4) is 5.75 Å². The molecular formula is C19H20ClNO4. The Morgan fingerprint density at radius 3 is 2.24 bits per heavy atom. The molecular weight excluding hydrogens is 342 g/mol. The van der Waals surface area contributed by atoms with Gasteiger partial charge in [0.25, 0.3) is 5.91 Å². The first kappa shape index (κ1) is 18.8. The van der Waals surface area contributed by atoms with Gasteiger partial charge in [0.2, 0.25) is 0 Å². The van der Waals surface area contributed by atoms with E-state index in [0.29, 0.717) is 22.4 Å². The molecule has 25 heavy (non-hydrogen) atoms. The first-order valence-electron chi connectivity index (χ1n) is 7.88. The average molecular weight is 362 g/mol. The fourth-order valence-corrected chi connectivity index (χ4v) is 2.14. The standard InChI is InChI=1S/C19H20ClNO4/c1-13(2)14-3-9-17(10-4-14)24-12-19(23)25-11-18(22)21-16-7-5-15(20)6-8-16/h3-10,13H,11-12H2,1-2H3,(H,21,22). The van der Waals surface area contributed by atoms with Crippen LogP contribution in [0.2, 0.25) is 5.02 Å². The second-order valence-electron chi connectivity index (χ2n) is 5.73. The second-order valence-corrected chi connectivity index (χ2v) is 6.16. The molecule has 2 aromatic carbocycles. The van der Waals surface area contributed by atoms with E-state index in [9.17, 15) is 9.59 Å². The van der Waals surface area contributed by atoms with Gasteiger partial charge in [0, 0.05) is 10.7 Å². The Morgan fingerprint density at radius 2 is 1.64 bits per heavy atom. The van der Waals surface area contributed by atoms with Crippen LogP contribution in [0.15, 0.2) is 48.5 Å². The van der Waals surface area contributed by atoms with E-state index in [1.807, 2.05) is 12.1 Å². The molecule has 6 heteroatoms. The van der Waals surface area contributed by atoms with Crippen LogP contribution in [-0.2, 0) is 14.3 Å². The van der Waals surface area contributed by atoms with Gasteiger partial charge in [-0.3, -0.25) is 4.79 Å². The summed E-state index contributed by atoms with van der Waals surface area (Å²) >= 11 is 5.76. The number of benzene rings is 2. The molecule has 0 heterocycles. The molecule has 0 spiro atoms. The maximum Gasteiger partial charge on any atom is 0.344 e. The highest BCUT2D eigenvalue weighted by molar-refractivity contribution is 6.30. The van der Waals surface area contributed by atoms with Crippen LogP contribution in [0.4, 0.5) is 5.69 Å². The number of carbonyl (C=O) groups excluding carboxylic acids is 2. The van der Waals surface area contributed by atoms with Gasteiger partial charge >= 0.3 is 5.97 Å². The number of ether oxygens (including phenoxy) is 2. The van der Waals surface area contributed by atoms with Gasteiger partial charge in [-0.1, -0.05) is 37.6 Å². The summed E-state index contributed by atoms with van der Waals surface area (Å²) in [6, 6.07) is 14.1. The number of hydrogen-bond donors (Lipinski definition) is 1. The fraction of sp³-hybridized carbons (Fsp3) is 0.263. The SMILES string of the molecule is CC(C)c1ccc(OCC(=O)OCC(=O)Nc2ccc(Cl)cc2)cc1. The van der Waals surface area contributed by atoms with Gasteiger partial charge in [0.15, 0.2) is 13.2 Å². The van der Waals surface area contributed by atoms with Crippen molar-refractivity contribution >= 4 is 29.2 Å². The molecule has 0 bridgehead atoms. The van der Waals surface area contributed by atoms with Gasteiger partial charge < -0.3 is 14.8 Å². The number of nitrogens with one attached hydrogen (secondary N) is 1. The summed E-state index contributed by atoms with van der Waals surface area (Å²) in [6.45, 7) is 3.57. The Balaban J connectivity index is 1.71. The molecule has 5 nitrogen and oxygen atoms in total. The summed E-state index contributed by atoms with van der Waals surface area (Å²) in [5.74, 6) is -0.0405. The van der Waals surface area contributed by atoms with Crippen LogP contribution in [0.25, 0.3) is 0 Å². The zero-order chi connectivity index (χ0) is 18.2. The lowest BCUT2D eigenvalue weighted by Crippen LogP contribution is -2.23. The lowest BCUT2D eigenvalue weighted by Gasteiger charge is -2.09. The zero-order valence-corrected chi connectivity index (χ0v) is 14.9. The molecule has 1 N–H and O–H groups in total. The van der Waals surface area contributed by atoms with Gasteiger partial charge in [-0.2, -0.15) is 0 Å². The predicted molar refractivity (Wildman–Crippen MR) is 97.1 cm³/mol. The number of anilines is 1. The lowest BCUT2D eigenvalue weighted by atomic mass is 10.0. The highest BCUT2D eigenvalue weighted by Gasteiger charge is 2.09. The van der Waals surface area contributed by atoms with E-state index in [4.69, 9.17) is 21.1 Å². The summed E-state index contributed by atoms with van der Waals surface area (Å²) in [5, 5.41) is 3.17. The van der Waals surface area contributed by atoms with Crippen LogP contribution >= 0.6 is 11.6 Å². The number of rotatable bonds is 7. The molecule has 0 atom stereocenters. The number of amides is 1. The fourth-order valence-electron chi connectivity index (χ4n) is 2.01. The number of hydrogen-bond acceptors (Lipinski definition) is 4. The van der Waals surface area contributed by atoms with Crippen LogP contribution in [0.5, 0.6) is 5.75 Å². The number of carbonyl (C=O) groups is 2. The summed E-state index contributed by atoms with van der Waals surface area (Å²) in [4.78, 5) is 23.4. The largest absolute Gasteiger partial charge is 0.482 e. The molecule has 0 aromatic heterocycles. The van der Waals surface area contributed by atoms with E-state index in [1.165, 1.54) is 5.56 Å². The van der Waals surface area contributed by atoms with Crippen LogP contribution in [0.3, 0.4) is 0 Å². The Hall–Kier alpha value is -2.53. The summed E-state index contributed by atoms with van der Waals surface area (Å²) in [7, 11) is 0. The van der Waals surface area contributed by atoms with Crippen LogP contribution in [0, 0.1) is 0 Å². The van der Waals surface area contributed by atoms with Crippen LogP contribution < -0.4 is 10.1 Å². The van der Waals surface area contributed by atoms with Gasteiger partial charge in [0.1, 0.15) is 5.75 Å². The predicted octanol–water partition coefficient (Wildman–Crippen LogP) is 4.02.